The predicted molar refractivity (Wildman–Crippen MR) is 93.8 cm³/mol. The zero-order chi connectivity index (χ0) is 15.8. The van der Waals surface area contributed by atoms with E-state index in [1.807, 2.05) is 36.0 Å². The van der Waals surface area contributed by atoms with Gasteiger partial charge in [-0.1, -0.05) is 13.8 Å². The first kappa shape index (κ1) is 17.2. The summed E-state index contributed by atoms with van der Waals surface area (Å²) in [6, 6.07) is 7.89. The lowest BCUT2D eigenvalue weighted by Crippen LogP contribution is -2.39. The summed E-state index contributed by atoms with van der Waals surface area (Å²) in [6.07, 6.45) is 1.57. The van der Waals surface area contributed by atoms with Crippen molar-refractivity contribution in [1.29, 1.82) is 0 Å². The molecule has 0 spiro atoms. The second kappa shape index (κ2) is 9.06. The second-order valence-electron chi connectivity index (χ2n) is 6.03. The Morgan fingerprint density at radius 2 is 2.18 bits per heavy atom. The van der Waals surface area contributed by atoms with E-state index in [-0.39, 0.29) is 11.9 Å². The van der Waals surface area contributed by atoms with E-state index in [1.165, 1.54) is 0 Å². The maximum atomic E-state index is 12.0. The smallest absolute Gasteiger partial charge is 0.225 e. The normalized spacial score (nSPS) is 18.2. The lowest BCUT2D eigenvalue weighted by atomic mass is 10.1. The quantitative estimate of drug-likeness (QED) is 0.810. The van der Waals surface area contributed by atoms with Crippen LogP contribution < -0.4 is 15.4 Å². The van der Waals surface area contributed by atoms with E-state index >= 15 is 0 Å². The summed E-state index contributed by atoms with van der Waals surface area (Å²) >= 11 is 1.90. The molecular formula is C17H26N2O2S. The zero-order valence-corrected chi connectivity index (χ0v) is 14.2. The fourth-order valence-corrected chi connectivity index (χ4v) is 3.18. The fraction of sp³-hybridized carbons (Fsp3) is 0.588. The summed E-state index contributed by atoms with van der Waals surface area (Å²) in [6.45, 7) is 6.09. The SMILES string of the molecule is CC(C)CCOc1ccc(NC(=O)CC2CSCCN2)cc1. The molecule has 5 heteroatoms. The highest BCUT2D eigenvalue weighted by Crippen LogP contribution is 2.17. The van der Waals surface area contributed by atoms with Gasteiger partial charge in [0.2, 0.25) is 5.91 Å². The molecule has 0 radical (unpaired) electrons. The Hall–Kier alpha value is -1.20. The zero-order valence-electron chi connectivity index (χ0n) is 13.4. The minimum absolute atomic E-state index is 0.0634. The minimum Gasteiger partial charge on any atom is -0.494 e. The van der Waals surface area contributed by atoms with E-state index in [4.69, 9.17) is 4.74 Å². The van der Waals surface area contributed by atoms with Crippen LogP contribution in [0.3, 0.4) is 0 Å². The third-order valence-corrected chi connectivity index (χ3v) is 4.66. The summed E-state index contributed by atoms with van der Waals surface area (Å²) in [4.78, 5) is 12.0. The van der Waals surface area contributed by atoms with Gasteiger partial charge in [-0.2, -0.15) is 11.8 Å². The minimum atomic E-state index is 0.0634. The molecule has 2 rings (SSSR count). The molecule has 0 aromatic heterocycles. The van der Waals surface area contributed by atoms with Crippen LogP contribution in [-0.4, -0.2) is 36.6 Å². The van der Waals surface area contributed by atoms with Gasteiger partial charge >= 0.3 is 0 Å². The van der Waals surface area contributed by atoms with Crippen LogP contribution >= 0.6 is 11.8 Å². The molecule has 1 aliphatic heterocycles. The molecule has 1 aromatic carbocycles. The molecule has 1 amide bonds. The predicted octanol–water partition coefficient (Wildman–Crippen LogP) is 3.15. The number of benzene rings is 1. The lowest BCUT2D eigenvalue weighted by molar-refractivity contribution is -0.116. The van der Waals surface area contributed by atoms with Crippen LogP contribution in [0, 0.1) is 5.92 Å². The summed E-state index contributed by atoms with van der Waals surface area (Å²) in [7, 11) is 0. The van der Waals surface area contributed by atoms with Gasteiger partial charge in [0.25, 0.3) is 0 Å². The van der Waals surface area contributed by atoms with E-state index in [2.05, 4.69) is 24.5 Å². The number of rotatable bonds is 7. The van der Waals surface area contributed by atoms with Crippen LogP contribution in [0.15, 0.2) is 24.3 Å². The molecule has 1 fully saturated rings. The Morgan fingerprint density at radius 3 is 2.82 bits per heavy atom. The first-order valence-corrected chi connectivity index (χ1v) is 9.13. The molecular weight excluding hydrogens is 296 g/mol. The molecule has 0 aliphatic carbocycles. The third-order valence-electron chi connectivity index (χ3n) is 3.53. The summed E-state index contributed by atoms with van der Waals surface area (Å²) in [5.41, 5.74) is 0.824. The number of hydrogen-bond acceptors (Lipinski definition) is 4. The van der Waals surface area contributed by atoms with Crippen molar-refractivity contribution in [3.63, 3.8) is 0 Å². The topological polar surface area (TPSA) is 50.4 Å². The van der Waals surface area contributed by atoms with Gasteiger partial charge in [0.05, 0.1) is 6.61 Å². The van der Waals surface area contributed by atoms with E-state index in [0.29, 0.717) is 12.3 Å². The highest BCUT2D eigenvalue weighted by Gasteiger charge is 2.16. The molecule has 1 aliphatic rings. The van der Waals surface area contributed by atoms with Crippen molar-refractivity contribution in [2.45, 2.75) is 32.7 Å². The average Bonchev–Trinajstić information content (AvgIpc) is 2.49. The van der Waals surface area contributed by atoms with Crippen molar-refractivity contribution in [3.05, 3.63) is 24.3 Å². The van der Waals surface area contributed by atoms with Gasteiger partial charge in [-0.15, -0.1) is 0 Å². The Morgan fingerprint density at radius 1 is 1.41 bits per heavy atom. The number of hydrogen-bond donors (Lipinski definition) is 2. The molecule has 1 unspecified atom stereocenters. The summed E-state index contributed by atoms with van der Waals surface area (Å²) in [5, 5.41) is 6.32. The van der Waals surface area contributed by atoms with E-state index in [9.17, 15) is 4.79 Å². The molecule has 2 N–H and O–H groups in total. The molecule has 22 heavy (non-hydrogen) atoms. The molecule has 1 atom stereocenters. The number of carbonyl (C=O) groups excluding carboxylic acids is 1. The molecule has 4 nitrogen and oxygen atoms in total. The van der Waals surface area contributed by atoms with Crippen LogP contribution in [0.4, 0.5) is 5.69 Å². The van der Waals surface area contributed by atoms with E-state index in [1.54, 1.807) is 0 Å². The van der Waals surface area contributed by atoms with Crippen molar-refractivity contribution in [2.75, 3.05) is 30.0 Å². The maximum Gasteiger partial charge on any atom is 0.225 e. The number of anilines is 1. The van der Waals surface area contributed by atoms with Gasteiger partial charge in [-0.3, -0.25) is 4.79 Å². The Balaban J connectivity index is 1.74. The first-order valence-electron chi connectivity index (χ1n) is 7.97. The fourth-order valence-electron chi connectivity index (χ4n) is 2.23. The van der Waals surface area contributed by atoms with Gasteiger partial charge in [-0.05, 0) is 36.6 Å². The van der Waals surface area contributed by atoms with Gasteiger partial charge in [-0.25, -0.2) is 0 Å². The summed E-state index contributed by atoms with van der Waals surface area (Å²) < 4.78 is 5.67. The number of carbonyl (C=O) groups is 1. The highest BCUT2D eigenvalue weighted by atomic mass is 32.2. The van der Waals surface area contributed by atoms with Gasteiger partial charge in [0.1, 0.15) is 5.75 Å². The largest absolute Gasteiger partial charge is 0.494 e. The summed E-state index contributed by atoms with van der Waals surface area (Å²) in [5.74, 6) is 3.70. The molecule has 1 aromatic rings. The number of ether oxygens (including phenoxy) is 1. The van der Waals surface area contributed by atoms with Crippen molar-refractivity contribution < 1.29 is 9.53 Å². The first-order chi connectivity index (χ1) is 10.6. The molecule has 122 valence electrons. The average molecular weight is 322 g/mol. The second-order valence-corrected chi connectivity index (χ2v) is 7.18. The van der Waals surface area contributed by atoms with E-state index < -0.39 is 0 Å². The van der Waals surface area contributed by atoms with Crippen LogP contribution in [0.1, 0.15) is 26.7 Å². The van der Waals surface area contributed by atoms with Crippen molar-refractivity contribution >= 4 is 23.4 Å². The highest BCUT2D eigenvalue weighted by molar-refractivity contribution is 7.99. The van der Waals surface area contributed by atoms with Crippen molar-refractivity contribution in [1.82, 2.24) is 5.32 Å². The maximum absolute atomic E-state index is 12.0. The van der Waals surface area contributed by atoms with Crippen LogP contribution in [-0.2, 0) is 4.79 Å². The number of nitrogens with one attached hydrogen (secondary N) is 2. The van der Waals surface area contributed by atoms with Crippen LogP contribution in [0.2, 0.25) is 0 Å². The number of amides is 1. The Kier molecular flexibility index (Phi) is 7.06. The Bertz CT molecular complexity index is 456. The molecule has 1 saturated heterocycles. The van der Waals surface area contributed by atoms with Crippen molar-refractivity contribution in [3.8, 4) is 5.75 Å². The van der Waals surface area contributed by atoms with Gasteiger partial charge in [0.15, 0.2) is 0 Å². The Labute approximate surface area is 137 Å². The third kappa shape index (κ3) is 6.28. The van der Waals surface area contributed by atoms with Gasteiger partial charge in [0, 0.05) is 36.2 Å². The van der Waals surface area contributed by atoms with Crippen LogP contribution in [0.5, 0.6) is 5.75 Å². The molecule has 1 heterocycles. The van der Waals surface area contributed by atoms with Crippen molar-refractivity contribution in [2.24, 2.45) is 5.92 Å². The molecule has 0 bridgehead atoms. The van der Waals surface area contributed by atoms with Crippen LogP contribution in [0.25, 0.3) is 0 Å². The number of thioether (sulfide) groups is 1. The van der Waals surface area contributed by atoms with E-state index in [0.717, 1.165) is 42.5 Å². The molecule has 0 saturated carbocycles. The lowest BCUT2D eigenvalue weighted by Gasteiger charge is -2.22. The standard InChI is InChI=1S/C17H26N2O2S/c1-13(2)7-9-21-16-5-3-14(4-6-16)19-17(20)11-15-12-22-10-8-18-15/h3-6,13,15,18H,7-12H2,1-2H3,(H,19,20). The van der Waals surface area contributed by atoms with Gasteiger partial charge < -0.3 is 15.4 Å². The monoisotopic (exact) mass is 322 g/mol.